The van der Waals surface area contributed by atoms with Crippen molar-refractivity contribution in [2.24, 2.45) is 10.1 Å². The van der Waals surface area contributed by atoms with Gasteiger partial charge in [0.05, 0.1) is 18.0 Å². The van der Waals surface area contributed by atoms with Crippen molar-refractivity contribution in [1.29, 1.82) is 0 Å². The second kappa shape index (κ2) is 4.67. The highest BCUT2D eigenvalue weighted by Gasteiger charge is 2.18. The summed E-state index contributed by atoms with van der Waals surface area (Å²) in [5.41, 5.74) is 1.55. The lowest BCUT2D eigenvalue weighted by molar-refractivity contribution is 0.211. The van der Waals surface area contributed by atoms with Crippen LogP contribution in [0.4, 0.5) is 0 Å². The highest BCUT2D eigenvalue weighted by atomic mass is 31.2. The molecule has 0 radical (unpaired) electrons. The molecule has 0 aromatic carbocycles. The Morgan fingerprint density at radius 2 is 2.40 bits per heavy atom. The molecule has 0 aliphatic carbocycles. The van der Waals surface area contributed by atoms with Gasteiger partial charge in [0.25, 0.3) is 0 Å². The fourth-order valence-corrected chi connectivity index (χ4v) is 1.34. The van der Waals surface area contributed by atoms with Gasteiger partial charge in [0.1, 0.15) is 0 Å². The number of hydrogen-bond acceptors (Lipinski definition) is 5. The Morgan fingerprint density at radius 3 is 2.93 bits per heavy atom. The molecule has 3 N–H and O–H groups in total. The first-order valence-electron chi connectivity index (χ1n) is 4.06. The summed E-state index contributed by atoms with van der Waals surface area (Å²) >= 11 is 0. The Kier molecular flexibility index (Phi) is 3.76. The van der Waals surface area contributed by atoms with Crippen LogP contribution in [0.1, 0.15) is 13.3 Å². The van der Waals surface area contributed by atoms with Crippen molar-refractivity contribution in [3.8, 4) is 0 Å². The third-order valence-electron chi connectivity index (χ3n) is 1.78. The fourth-order valence-electron chi connectivity index (χ4n) is 1.01. The first-order valence-corrected chi connectivity index (χ1v) is 5.59. The summed E-state index contributed by atoms with van der Waals surface area (Å²) in [4.78, 5) is 20.8. The highest BCUT2D eigenvalue weighted by Crippen LogP contribution is 2.36. The Hall–Kier alpha value is -1.01. The van der Waals surface area contributed by atoms with Crippen LogP contribution in [0.25, 0.3) is 0 Å². The van der Waals surface area contributed by atoms with E-state index in [-0.39, 0.29) is 6.61 Å². The normalized spacial score (nSPS) is 17.7. The molecule has 1 rings (SSSR count). The average molecular weight is 234 g/mol. The lowest BCUT2D eigenvalue weighted by Gasteiger charge is -2.05. The molecule has 15 heavy (non-hydrogen) atoms. The summed E-state index contributed by atoms with van der Waals surface area (Å²) in [5, 5.41) is 11.4. The van der Waals surface area contributed by atoms with Gasteiger partial charge in [0.15, 0.2) is 0 Å². The molecule has 7 nitrogen and oxygen atoms in total. The monoisotopic (exact) mass is 234 g/mol. The minimum Gasteiger partial charge on any atom is -0.411 e. The number of hydrogen-bond donors (Lipinski definition) is 3. The van der Waals surface area contributed by atoms with Crippen LogP contribution in [0, 0.1) is 0 Å². The van der Waals surface area contributed by atoms with E-state index < -0.39 is 7.82 Å². The molecule has 0 aromatic rings. The summed E-state index contributed by atoms with van der Waals surface area (Å²) < 4.78 is 14.7. The average Bonchev–Trinajstić information content (AvgIpc) is 2.61. The number of rotatable bonds is 4. The maximum Gasteiger partial charge on any atom is 0.469 e. The van der Waals surface area contributed by atoms with Crippen molar-refractivity contribution in [3.05, 3.63) is 11.8 Å². The Bertz CT molecular complexity index is 381. The van der Waals surface area contributed by atoms with Gasteiger partial charge in [-0.15, -0.1) is 0 Å². The minimum atomic E-state index is -4.44. The van der Waals surface area contributed by atoms with Crippen LogP contribution in [0.3, 0.4) is 0 Å². The van der Waals surface area contributed by atoms with Gasteiger partial charge in [-0.25, -0.2) is 4.57 Å². The van der Waals surface area contributed by atoms with Crippen LogP contribution >= 0.6 is 7.82 Å². The smallest absolute Gasteiger partial charge is 0.411 e. The van der Waals surface area contributed by atoms with E-state index in [9.17, 15) is 4.57 Å². The van der Waals surface area contributed by atoms with Crippen LogP contribution < -0.4 is 0 Å². The van der Waals surface area contributed by atoms with Gasteiger partial charge in [-0.1, -0.05) is 5.16 Å². The van der Waals surface area contributed by atoms with Crippen LogP contribution in [-0.2, 0) is 9.09 Å². The molecule has 0 aromatic heterocycles. The zero-order valence-corrected chi connectivity index (χ0v) is 8.89. The SMILES string of the molecule is C/C(=N\O)C1=NC=C(COP(=O)(O)O)C1. The molecule has 0 atom stereocenters. The van der Waals surface area contributed by atoms with Crippen molar-refractivity contribution in [1.82, 2.24) is 0 Å². The maximum absolute atomic E-state index is 10.4. The number of aliphatic imine (C=N–C) groups is 1. The van der Waals surface area contributed by atoms with Crippen LogP contribution in [0.5, 0.6) is 0 Å². The molecule has 1 aliphatic rings. The summed E-state index contributed by atoms with van der Waals surface area (Å²) in [6.45, 7) is 1.40. The van der Waals surface area contributed by atoms with Crippen molar-refractivity contribution in [3.63, 3.8) is 0 Å². The predicted molar refractivity (Wildman–Crippen MR) is 53.0 cm³/mol. The van der Waals surface area contributed by atoms with E-state index in [1.54, 1.807) is 6.92 Å². The standard InChI is InChI=1S/C7H11N2O5P/c1-5(9-10)7-2-6(3-8-7)4-14-15(11,12)13/h3,10H,2,4H2,1H3,(H2,11,12,13)/b9-5+. The Balaban J connectivity index is 2.44. The Labute approximate surface area is 86.0 Å². The van der Waals surface area contributed by atoms with Crippen molar-refractivity contribution in [2.75, 3.05) is 6.61 Å². The topological polar surface area (TPSA) is 112 Å². The van der Waals surface area contributed by atoms with E-state index in [2.05, 4.69) is 14.7 Å². The van der Waals surface area contributed by atoms with E-state index in [1.807, 2.05) is 0 Å². The van der Waals surface area contributed by atoms with E-state index in [0.29, 0.717) is 23.4 Å². The molecule has 0 amide bonds. The van der Waals surface area contributed by atoms with Crippen LogP contribution in [0.15, 0.2) is 21.9 Å². The van der Waals surface area contributed by atoms with Crippen molar-refractivity contribution in [2.45, 2.75) is 13.3 Å². The molecule has 1 aliphatic heterocycles. The molecule has 0 saturated heterocycles. The van der Waals surface area contributed by atoms with E-state index in [0.717, 1.165) is 0 Å². The molecule has 0 saturated carbocycles. The quantitative estimate of drug-likeness (QED) is 0.286. The summed E-state index contributed by atoms with van der Waals surface area (Å²) in [6, 6.07) is 0. The van der Waals surface area contributed by atoms with Crippen molar-refractivity contribution < 1.29 is 24.1 Å². The third kappa shape index (κ3) is 3.93. The van der Waals surface area contributed by atoms with Gasteiger partial charge in [-0.2, -0.15) is 0 Å². The Morgan fingerprint density at radius 1 is 1.73 bits per heavy atom. The molecular weight excluding hydrogens is 223 g/mol. The number of oxime groups is 1. The van der Waals surface area contributed by atoms with E-state index >= 15 is 0 Å². The lowest BCUT2D eigenvalue weighted by atomic mass is 10.1. The molecule has 0 spiro atoms. The summed E-state index contributed by atoms with van der Waals surface area (Å²) in [7, 11) is -4.44. The molecule has 0 unspecified atom stereocenters. The van der Waals surface area contributed by atoms with Gasteiger partial charge < -0.3 is 15.0 Å². The van der Waals surface area contributed by atoms with E-state index in [4.69, 9.17) is 15.0 Å². The molecule has 0 bridgehead atoms. The lowest BCUT2D eigenvalue weighted by Crippen LogP contribution is -2.09. The van der Waals surface area contributed by atoms with Gasteiger partial charge in [-0.3, -0.25) is 9.52 Å². The molecule has 8 heteroatoms. The van der Waals surface area contributed by atoms with Gasteiger partial charge in [-0.05, 0) is 12.5 Å². The van der Waals surface area contributed by atoms with Gasteiger partial charge >= 0.3 is 7.82 Å². The largest absolute Gasteiger partial charge is 0.469 e. The predicted octanol–water partition coefficient (Wildman–Crippen LogP) is 0.674. The second-order valence-electron chi connectivity index (χ2n) is 2.99. The van der Waals surface area contributed by atoms with Gasteiger partial charge in [0.2, 0.25) is 0 Å². The number of nitrogens with zero attached hydrogens (tertiary/aromatic N) is 2. The van der Waals surface area contributed by atoms with Gasteiger partial charge in [0, 0.05) is 12.6 Å². The summed E-state index contributed by atoms with van der Waals surface area (Å²) in [6.07, 6.45) is 1.82. The maximum atomic E-state index is 10.4. The first-order chi connectivity index (χ1) is 6.92. The second-order valence-corrected chi connectivity index (χ2v) is 4.23. The fraction of sp³-hybridized carbons (Fsp3) is 0.429. The summed E-state index contributed by atoms with van der Waals surface area (Å²) in [5.74, 6) is 0. The number of phosphoric ester groups is 1. The minimum absolute atomic E-state index is 0.185. The highest BCUT2D eigenvalue weighted by molar-refractivity contribution is 7.46. The number of phosphoric acid groups is 1. The van der Waals surface area contributed by atoms with Crippen LogP contribution in [0.2, 0.25) is 0 Å². The zero-order chi connectivity index (χ0) is 11.5. The first kappa shape index (κ1) is 12.1. The van der Waals surface area contributed by atoms with Crippen molar-refractivity contribution >= 4 is 19.2 Å². The molecule has 0 fully saturated rings. The van der Waals surface area contributed by atoms with E-state index in [1.165, 1.54) is 6.20 Å². The third-order valence-corrected chi connectivity index (χ3v) is 2.25. The van der Waals surface area contributed by atoms with Crippen LogP contribution in [-0.4, -0.2) is 33.0 Å². The molecule has 1 heterocycles. The molecule has 84 valence electrons. The zero-order valence-electron chi connectivity index (χ0n) is 7.99. The molecular formula is C7H11N2O5P.